The number of rotatable bonds is 6. The molecule has 0 saturated carbocycles. The maximum absolute atomic E-state index is 10.6. The molecule has 2 nitrogen and oxygen atoms in total. The third kappa shape index (κ3) is 5.51. The first kappa shape index (κ1) is 9.37. The normalized spacial score (nSPS) is 9.30. The molecule has 0 saturated heterocycles. The fourth-order valence-corrected chi connectivity index (χ4v) is 0.595. The molecule has 0 amide bonds. The van der Waals surface area contributed by atoms with E-state index in [9.17, 15) is 4.79 Å². The SMILES string of the molecule is C=CC(=O)CCCOCC. The van der Waals surface area contributed by atoms with E-state index in [0.717, 1.165) is 13.0 Å². The summed E-state index contributed by atoms with van der Waals surface area (Å²) in [6.45, 7) is 6.71. The van der Waals surface area contributed by atoms with Gasteiger partial charge in [-0.3, -0.25) is 4.79 Å². The minimum Gasteiger partial charge on any atom is -0.382 e. The Balaban J connectivity index is 3.03. The Labute approximate surface area is 61.9 Å². The van der Waals surface area contributed by atoms with Crippen LogP contribution in [0.25, 0.3) is 0 Å². The molecule has 0 spiro atoms. The molecule has 0 rings (SSSR count). The number of hydrogen-bond acceptors (Lipinski definition) is 2. The van der Waals surface area contributed by atoms with Crippen LogP contribution in [0.5, 0.6) is 0 Å². The zero-order valence-corrected chi connectivity index (χ0v) is 6.43. The van der Waals surface area contributed by atoms with Crippen molar-refractivity contribution in [2.45, 2.75) is 19.8 Å². The van der Waals surface area contributed by atoms with Crippen LogP contribution >= 0.6 is 0 Å². The summed E-state index contributed by atoms with van der Waals surface area (Å²) in [6, 6.07) is 0. The van der Waals surface area contributed by atoms with Crippen LogP contribution in [0.1, 0.15) is 19.8 Å². The largest absolute Gasteiger partial charge is 0.382 e. The lowest BCUT2D eigenvalue weighted by atomic mass is 10.2. The number of ether oxygens (including phenoxy) is 1. The lowest BCUT2D eigenvalue weighted by Crippen LogP contribution is -1.97. The molecule has 0 bridgehead atoms. The third-order valence-electron chi connectivity index (χ3n) is 1.14. The van der Waals surface area contributed by atoms with E-state index in [1.807, 2.05) is 6.92 Å². The van der Waals surface area contributed by atoms with Crippen LogP contribution in [0.2, 0.25) is 0 Å². The van der Waals surface area contributed by atoms with Crippen molar-refractivity contribution in [3.8, 4) is 0 Å². The second-order valence-corrected chi connectivity index (χ2v) is 1.97. The van der Waals surface area contributed by atoms with Gasteiger partial charge in [0.25, 0.3) is 0 Å². The minimum atomic E-state index is 0.0969. The summed E-state index contributed by atoms with van der Waals surface area (Å²) in [5.74, 6) is 0.0969. The Morgan fingerprint density at radius 2 is 2.40 bits per heavy atom. The molecule has 0 heterocycles. The maximum Gasteiger partial charge on any atom is 0.155 e. The third-order valence-corrected chi connectivity index (χ3v) is 1.14. The van der Waals surface area contributed by atoms with Gasteiger partial charge in [0.15, 0.2) is 5.78 Å². The summed E-state index contributed by atoms with van der Waals surface area (Å²) in [5.41, 5.74) is 0. The Morgan fingerprint density at radius 3 is 2.90 bits per heavy atom. The van der Waals surface area contributed by atoms with Gasteiger partial charge in [0.1, 0.15) is 0 Å². The lowest BCUT2D eigenvalue weighted by molar-refractivity contribution is -0.114. The van der Waals surface area contributed by atoms with E-state index in [1.165, 1.54) is 6.08 Å². The van der Waals surface area contributed by atoms with Crippen molar-refractivity contribution in [1.82, 2.24) is 0 Å². The number of carbonyl (C=O) groups excluding carboxylic acids is 1. The molecule has 0 unspecified atom stereocenters. The molecule has 0 aromatic rings. The smallest absolute Gasteiger partial charge is 0.155 e. The van der Waals surface area contributed by atoms with Crippen molar-refractivity contribution in [2.75, 3.05) is 13.2 Å². The summed E-state index contributed by atoms with van der Waals surface area (Å²) >= 11 is 0. The standard InChI is InChI=1S/C8H14O2/c1-3-8(9)6-5-7-10-4-2/h3H,1,4-7H2,2H3. The van der Waals surface area contributed by atoms with Crippen LogP contribution < -0.4 is 0 Å². The second kappa shape index (κ2) is 6.49. The van der Waals surface area contributed by atoms with Crippen molar-refractivity contribution in [2.24, 2.45) is 0 Å². The van der Waals surface area contributed by atoms with E-state index in [2.05, 4.69) is 6.58 Å². The van der Waals surface area contributed by atoms with Crippen molar-refractivity contribution in [1.29, 1.82) is 0 Å². The van der Waals surface area contributed by atoms with Crippen LogP contribution in [-0.4, -0.2) is 19.0 Å². The lowest BCUT2D eigenvalue weighted by Gasteiger charge is -1.97. The average molecular weight is 142 g/mol. The van der Waals surface area contributed by atoms with Gasteiger partial charge >= 0.3 is 0 Å². The summed E-state index contributed by atoms with van der Waals surface area (Å²) in [6.07, 6.45) is 2.72. The highest BCUT2D eigenvalue weighted by atomic mass is 16.5. The van der Waals surface area contributed by atoms with Crippen LogP contribution in [0.15, 0.2) is 12.7 Å². The number of allylic oxidation sites excluding steroid dienone is 1. The van der Waals surface area contributed by atoms with E-state index >= 15 is 0 Å². The highest BCUT2D eigenvalue weighted by Crippen LogP contribution is 1.91. The van der Waals surface area contributed by atoms with Gasteiger partial charge in [-0.25, -0.2) is 0 Å². The minimum absolute atomic E-state index is 0.0969. The van der Waals surface area contributed by atoms with Gasteiger partial charge in [0.2, 0.25) is 0 Å². The summed E-state index contributed by atoms with van der Waals surface area (Å²) in [7, 11) is 0. The summed E-state index contributed by atoms with van der Waals surface area (Å²) in [4.78, 5) is 10.6. The fourth-order valence-electron chi connectivity index (χ4n) is 0.595. The molecule has 0 aromatic heterocycles. The first-order valence-electron chi connectivity index (χ1n) is 3.54. The number of hydrogen-bond donors (Lipinski definition) is 0. The second-order valence-electron chi connectivity index (χ2n) is 1.97. The van der Waals surface area contributed by atoms with Crippen molar-refractivity contribution in [3.05, 3.63) is 12.7 Å². The van der Waals surface area contributed by atoms with Crippen molar-refractivity contribution < 1.29 is 9.53 Å². The molecule has 0 aliphatic heterocycles. The van der Waals surface area contributed by atoms with Gasteiger partial charge in [0.05, 0.1) is 0 Å². The van der Waals surface area contributed by atoms with E-state index in [1.54, 1.807) is 0 Å². The molecular weight excluding hydrogens is 128 g/mol. The Hall–Kier alpha value is -0.630. The molecule has 58 valence electrons. The van der Waals surface area contributed by atoms with Crippen molar-refractivity contribution >= 4 is 5.78 Å². The fraction of sp³-hybridized carbons (Fsp3) is 0.625. The maximum atomic E-state index is 10.6. The molecule has 0 aliphatic rings. The Bertz CT molecular complexity index is 108. The van der Waals surface area contributed by atoms with Crippen LogP contribution in [0.3, 0.4) is 0 Å². The predicted molar refractivity (Wildman–Crippen MR) is 40.9 cm³/mol. The molecule has 0 fully saturated rings. The zero-order valence-electron chi connectivity index (χ0n) is 6.43. The molecule has 2 heteroatoms. The van der Waals surface area contributed by atoms with E-state index < -0.39 is 0 Å². The zero-order chi connectivity index (χ0) is 7.82. The first-order chi connectivity index (χ1) is 4.81. The van der Waals surface area contributed by atoms with Gasteiger partial charge in [-0.1, -0.05) is 6.58 Å². The van der Waals surface area contributed by atoms with Crippen LogP contribution in [-0.2, 0) is 9.53 Å². The average Bonchev–Trinajstić information content (AvgIpc) is 1.98. The molecule has 0 aromatic carbocycles. The topological polar surface area (TPSA) is 26.3 Å². The molecule has 0 radical (unpaired) electrons. The van der Waals surface area contributed by atoms with Gasteiger partial charge < -0.3 is 4.74 Å². The van der Waals surface area contributed by atoms with E-state index in [4.69, 9.17) is 4.74 Å². The van der Waals surface area contributed by atoms with Crippen molar-refractivity contribution in [3.63, 3.8) is 0 Å². The Morgan fingerprint density at radius 1 is 1.70 bits per heavy atom. The van der Waals surface area contributed by atoms with Crippen LogP contribution in [0, 0.1) is 0 Å². The first-order valence-corrected chi connectivity index (χ1v) is 3.54. The highest BCUT2D eigenvalue weighted by molar-refractivity contribution is 5.88. The number of ketones is 1. The predicted octanol–water partition coefficient (Wildman–Crippen LogP) is 1.56. The van der Waals surface area contributed by atoms with Gasteiger partial charge in [-0.15, -0.1) is 0 Å². The van der Waals surface area contributed by atoms with Gasteiger partial charge in [0, 0.05) is 19.6 Å². The molecule has 10 heavy (non-hydrogen) atoms. The van der Waals surface area contributed by atoms with E-state index in [-0.39, 0.29) is 5.78 Å². The van der Waals surface area contributed by atoms with Gasteiger partial charge in [-0.05, 0) is 19.4 Å². The quantitative estimate of drug-likeness (QED) is 0.415. The molecule has 0 atom stereocenters. The summed E-state index contributed by atoms with van der Waals surface area (Å²) < 4.78 is 5.04. The highest BCUT2D eigenvalue weighted by Gasteiger charge is 1.93. The monoisotopic (exact) mass is 142 g/mol. The van der Waals surface area contributed by atoms with Gasteiger partial charge in [-0.2, -0.15) is 0 Å². The molecule has 0 aliphatic carbocycles. The number of carbonyl (C=O) groups is 1. The van der Waals surface area contributed by atoms with E-state index in [0.29, 0.717) is 13.0 Å². The Kier molecular flexibility index (Phi) is 6.08. The molecular formula is C8H14O2. The summed E-state index contributed by atoms with van der Waals surface area (Å²) in [5, 5.41) is 0. The van der Waals surface area contributed by atoms with Crippen LogP contribution in [0.4, 0.5) is 0 Å². The molecule has 0 N–H and O–H groups in total.